The van der Waals surface area contributed by atoms with Crippen molar-refractivity contribution in [2.45, 2.75) is 44.7 Å². The lowest BCUT2D eigenvalue weighted by atomic mass is 10.1. The molecule has 3 atom stereocenters. The number of nitrogens with zero attached hydrogens (tertiary/aromatic N) is 3. The third-order valence-electron chi connectivity index (χ3n) is 6.04. The van der Waals surface area contributed by atoms with E-state index in [-0.39, 0.29) is 19.3 Å². The average Bonchev–Trinajstić information content (AvgIpc) is 3.43. The minimum atomic E-state index is -0.772. The summed E-state index contributed by atoms with van der Waals surface area (Å²) in [5.41, 5.74) is 10.0. The Kier molecular flexibility index (Phi) is 6.91. The van der Waals surface area contributed by atoms with Crippen LogP contribution in [0.3, 0.4) is 0 Å². The molecular formula is C26H28N4O5. The SMILES string of the molecule is Nc1nc(OCc2ccccc2)c2c(n1)c([C@H]1C[C@H](O)[C@@H](CO)O1)cn2COCc1ccccc1. The second-order valence-corrected chi connectivity index (χ2v) is 8.52. The van der Waals surface area contributed by atoms with Gasteiger partial charge in [0.05, 0.1) is 25.4 Å². The van der Waals surface area contributed by atoms with Gasteiger partial charge in [-0.3, -0.25) is 0 Å². The minimum absolute atomic E-state index is 0.0713. The van der Waals surface area contributed by atoms with E-state index in [1.165, 1.54) is 0 Å². The van der Waals surface area contributed by atoms with Crippen molar-refractivity contribution in [1.82, 2.24) is 14.5 Å². The Bertz CT molecular complexity index is 1270. The molecule has 3 heterocycles. The predicted molar refractivity (Wildman–Crippen MR) is 129 cm³/mol. The molecule has 0 spiro atoms. The molecule has 4 N–H and O–H groups in total. The van der Waals surface area contributed by atoms with Gasteiger partial charge < -0.3 is 34.7 Å². The second kappa shape index (κ2) is 10.4. The van der Waals surface area contributed by atoms with E-state index in [1.807, 2.05) is 71.4 Å². The van der Waals surface area contributed by atoms with Crippen LogP contribution in [-0.2, 0) is 29.4 Å². The quantitative estimate of drug-likeness (QED) is 0.337. The molecule has 0 radical (unpaired) electrons. The fourth-order valence-electron chi connectivity index (χ4n) is 4.30. The maximum absolute atomic E-state index is 10.3. The Labute approximate surface area is 202 Å². The minimum Gasteiger partial charge on any atom is -0.471 e. The lowest BCUT2D eigenvalue weighted by Crippen LogP contribution is -2.24. The normalized spacial score (nSPS) is 19.9. The van der Waals surface area contributed by atoms with Crippen LogP contribution in [0, 0.1) is 0 Å². The molecule has 0 saturated carbocycles. The maximum atomic E-state index is 10.3. The Morgan fingerprint density at radius 2 is 1.69 bits per heavy atom. The van der Waals surface area contributed by atoms with Crippen molar-refractivity contribution < 1.29 is 24.4 Å². The summed E-state index contributed by atoms with van der Waals surface area (Å²) in [5.74, 6) is 0.408. The molecule has 182 valence electrons. The van der Waals surface area contributed by atoms with Crippen molar-refractivity contribution in [3.63, 3.8) is 0 Å². The van der Waals surface area contributed by atoms with E-state index in [1.54, 1.807) is 0 Å². The van der Waals surface area contributed by atoms with Gasteiger partial charge in [-0.1, -0.05) is 60.7 Å². The summed E-state index contributed by atoms with van der Waals surface area (Å²) < 4.78 is 19.9. The van der Waals surface area contributed by atoms with Gasteiger partial charge in [0.2, 0.25) is 11.8 Å². The number of rotatable bonds is 9. The van der Waals surface area contributed by atoms with Crippen LogP contribution in [-0.4, -0.2) is 43.6 Å². The van der Waals surface area contributed by atoms with Crippen LogP contribution < -0.4 is 10.5 Å². The zero-order valence-electron chi connectivity index (χ0n) is 19.2. The molecule has 2 aromatic carbocycles. The number of benzene rings is 2. The Balaban J connectivity index is 1.48. The maximum Gasteiger partial charge on any atom is 0.243 e. The second-order valence-electron chi connectivity index (χ2n) is 8.52. The molecule has 0 amide bonds. The van der Waals surface area contributed by atoms with Crippen molar-refractivity contribution in [2.75, 3.05) is 12.3 Å². The molecule has 5 rings (SSSR count). The fourth-order valence-corrected chi connectivity index (χ4v) is 4.30. The number of ether oxygens (including phenoxy) is 3. The van der Waals surface area contributed by atoms with Gasteiger partial charge in [0, 0.05) is 18.2 Å². The van der Waals surface area contributed by atoms with Crippen LogP contribution in [0.15, 0.2) is 66.9 Å². The molecule has 0 unspecified atom stereocenters. The van der Waals surface area contributed by atoms with Crippen molar-refractivity contribution in [3.05, 3.63) is 83.6 Å². The first-order valence-corrected chi connectivity index (χ1v) is 11.5. The number of hydrogen-bond donors (Lipinski definition) is 3. The number of nitrogen functional groups attached to an aromatic ring is 1. The first-order chi connectivity index (χ1) is 17.1. The lowest BCUT2D eigenvalue weighted by Gasteiger charge is -2.12. The highest BCUT2D eigenvalue weighted by atomic mass is 16.5. The number of nitrogens with two attached hydrogens (primary N) is 1. The highest BCUT2D eigenvalue weighted by molar-refractivity contribution is 5.85. The Morgan fingerprint density at radius 1 is 1.00 bits per heavy atom. The van der Waals surface area contributed by atoms with Crippen LogP contribution in [0.25, 0.3) is 11.0 Å². The molecule has 4 aromatic rings. The van der Waals surface area contributed by atoms with Crippen molar-refractivity contribution in [2.24, 2.45) is 0 Å². The highest BCUT2D eigenvalue weighted by Crippen LogP contribution is 2.39. The van der Waals surface area contributed by atoms with E-state index in [0.29, 0.717) is 36.5 Å². The highest BCUT2D eigenvalue weighted by Gasteiger charge is 2.36. The predicted octanol–water partition coefficient (Wildman–Crippen LogP) is 2.95. The van der Waals surface area contributed by atoms with Crippen LogP contribution >= 0.6 is 0 Å². The Morgan fingerprint density at radius 3 is 2.34 bits per heavy atom. The summed E-state index contributed by atoms with van der Waals surface area (Å²) in [6.07, 6.45) is 0.318. The van der Waals surface area contributed by atoms with Crippen LogP contribution in [0.5, 0.6) is 5.88 Å². The van der Waals surface area contributed by atoms with E-state index in [4.69, 9.17) is 19.9 Å². The van der Waals surface area contributed by atoms with E-state index >= 15 is 0 Å². The smallest absolute Gasteiger partial charge is 0.243 e. The van der Waals surface area contributed by atoms with Gasteiger partial charge in [-0.15, -0.1) is 0 Å². The first kappa shape index (κ1) is 23.3. The number of anilines is 1. The van der Waals surface area contributed by atoms with E-state index in [0.717, 1.165) is 16.7 Å². The number of fused-ring (bicyclic) bond motifs is 1. The molecular weight excluding hydrogens is 448 g/mol. The van der Waals surface area contributed by atoms with Crippen LogP contribution in [0.2, 0.25) is 0 Å². The summed E-state index contributed by atoms with van der Waals surface area (Å²) in [6.45, 7) is 0.693. The van der Waals surface area contributed by atoms with Crippen LogP contribution in [0.1, 0.15) is 29.2 Å². The standard InChI is InChI=1S/C26H28N4O5/c27-26-28-23-19(21-11-20(32)22(13-31)35-21)12-30(16-33-14-17-7-3-1-4-8-17)24(23)25(29-26)34-15-18-9-5-2-6-10-18/h1-10,12,20-22,31-32H,11,13-16H2,(H2,27,28,29)/t20-,21+,22+/m0/s1. The number of aliphatic hydroxyl groups excluding tert-OH is 2. The third kappa shape index (κ3) is 5.13. The average molecular weight is 477 g/mol. The molecule has 0 aliphatic carbocycles. The Hall–Kier alpha value is -3.50. The molecule has 9 nitrogen and oxygen atoms in total. The molecule has 1 saturated heterocycles. The van der Waals surface area contributed by atoms with Crippen molar-refractivity contribution >= 4 is 17.0 Å². The van der Waals surface area contributed by atoms with E-state index in [9.17, 15) is 10.2 Å². The lowest BCUT2D eigenvalue weighted by molar-refractivity contribution is -0.0223. The molecule has 35 heavy (non-hydrogen) atoms. The largest absolute Gasteiger partial charge is 0.471 e. The number of aromatic nitrogens is 3. The van der Waals surface area contributed by atoms with Gasteiger partial charge in [-0.25, -0.2) is 4.98 Å². The molecule has 9 heteroatoms. The molecule has 1 fully saturated rings. The van der Waals surface area contributed by atoms with Gasteiger partial charge in [0.1, 0.15) is 30.5 Å². The van der Waals surface area contributed by atoms with Crippen molar-refractivity contribution in [3.8, 4) is 5.88 Å². The topological polar surface area (TPSA) is 125 Å². The molecule has 2 aromatic heterocycles. The summed E-state index contributed by atoms with van der Waals surface area (Å²) in [4.78, 5) is 8.85. The number of aliphatic hydroxyl groups is 2. The summed E-state index contributed by atoms with van der Waals surface area (Å²) in [5, 5.41) is 19.8. The third-order valence-corrected chi connectivity index (χ3v) is 6.04. The number of hydrogen-bond acceptors (Lipinski definition) is 8. The van der Waals surface area contributed by atoms with Crippen LogP contribution in [0.4, 0.5) is 5.95 Å². The van der Waals surface area contributed by atoms with Gasteiger partial charge in [0.25, 0.3) is 0 Å². The van der Waals surface area contributed by atoms with Gasteiger partial charge in [-0.2, -0.15) is 4.98 Å². The van der Waals surface area contributed by atoms with Gasteiger partial charge in [0.15, 0.2) is 0 Å². The van der Waals surface area contributed by atoms with Gasteiger partial charge >= 0.3 is 0 Å². The molecule has 0 bridgehead atoms. The fraction of sp³-hybridized carbons (Fsp3) is 0.308. The zero-order chi connectivity index (χ0) is 24.2. The summed E-state index contributed by atoms with van der Waals surface area (Å²) >= 11 is 0. The van der Waals surface area contributed by atoms with Gasteiger partial charge in [-0.05, 0) is 11.1 Å². The van der Waals surface area contributed by atoms with Crippen molar-refractivity contribution in [1.29, 1.82) is 0 Å². The van der Waals surface area contributed by atoms with E-state index < -0.39 is 18.3 Å². The molecule has 1 aliphatic heterocycles. The zero-order valence-corrected chi connectivity index (χ0v) is 19.2. The molecule has 1 aliphatic rings. The summed E-state index contributed by atoms with van der Waals surface area (Å²) in [7, 11) is 0. The summed E-state index contributed by atoms with van der Waals surface area (Å²) in [6, 6.07) is 19.7. The monoisotopic (exact) mass is 476 g/mol. The first-order valence-electron chi connectivity index (χ1n) is 11.5. The van der Waals surface area contributed by atoms with E-state index in [2.05, 4.69) is 9.97 Å².